The molecule has 1 saturated heterocycles. The molecule has 2 fully saturated rings. The highest BCUT2D eigenvalue weighted by atomic mass is 16.3. The minimum atomic E-state index is 0.745. The molecule has 1 aromatic rings. The Kier molecular flexibility index (Phi) is 3.44. The zero-order valence-corrected chi connectivity index (χ0v) is 11.5. The molecule has 1 N–H and O–H groups in total. The molecule has 100 valence electrons. The van der Waals surface area contributed by atoms with Crippen LogP contribution in [0.3, 0.4) is 0 Å². The molecule has 2 unspecified atom stereocenters. The van der Waals surface area contributed by atoms with Gasteiger partial charge in [0, 0.05) is 31.2 Å². The summed E-state index contributed by atoms with van der Waals surface area (Å²) in [4.78, 5) is 2.56. The first-order valence-electron chi connectivity index (χ1n) is 7.23. The molecule has 1 aliphatic heterocycles. The Morgan fingerprint density at radius 1 is 1.28 bits per heavy atom. The van der Waals surface area contributed by atoms with Crippen molar-refractivity contribution in [1.82, 2.24) is 10.2 Å². The Hall–Kier alpha value is -0.800. The fourth-order valence-corrected chi connectivity index (χ4v) is 2.81. The van der Waals surface area contributed by atoms with E-state index in [1.807, 2.05) is 6.26 Å². The van der Waals surface area contributed by atoms with Crippen molar-refractivity contribution >= 4 is 0 Å². The summed E-state index contributed by atoms with van der Waals surface area (Å²) in [6.07, 6.45) is 4.50. The zero-order chi connectivity index (χ0) is 12.5. The van der Waals surface area contributed by atoms with Crippen LogP contribution in [0.5, 0.6) is 0 Å². The molecule has 2 atom stereocenters. The average Bonchev–Trinajstić information content (AvgIpc) is 2.99. The quantitative estimate of drug-likeness (QED) is 0.868. The van der Waals surface area contributed by atoms with Crippen LogP contribution in [0.4, 0.5) is 0 Å². The molecular formula is C15H24N2O. The van der Waals surface area contributed by atoms with E-state index in [4.69, 9.17) is 4.42 Å². The predicted molar refractivity (Wildman–Crippen MR) is 72.2 cm³/mol. The number of hydrogen-bond donors (Lipinski definition) is 1. The number of rotatable bonds is 5. The van der Waals surface area contributed by atoms with Crippen LogP contribution in [-0.4, -0.2) is 24.0 Å². The van der Waals surface area contributed by atoms with E-state index in [-0.39, 0.29) is 0 Å². The molecule has 2 aliphatic rings. The van der Waals surface area contributed by atoms with Crippen molar-refractivity contribution in [3.63, 3.8) is 0 Å². The molecule has 1 aliphatic carbocycles. The summed E-state index contributed by atoms with van der Waals surface area (Å²) in [7, 11) is 0. The molecule has 1 aromatic heterocycles. The zero-order valence-electron chi connectivity index (χ0n) is 11.5. The first-order chi connectivity index (χ1) is 8.72. The Morgan fingerprint density at radius 2 is 2.00 bits per heavy atom. The predicted octanol–water partition coefficient (Wildman–Crippen LogP) is 2.62. The van der Waals surface area contributed by atoms with E-state index in [2.05, 4.69) is 30.1 Å². The maximum atomic E-state index is 5.62. The Bertz CT molecular complexity index is 387. The van der Waals surface area contributed by atoms with Gasteiger partial charge in [-0.25, -0.2) is 0 Å². The van der Waals surface area contributed by atoms with Crippen LogP contribution in [0.1, 0.15) is 38.0 Å². The van der Waals surface area contributed by atoms with Crippen LogP contribution in [0.25, 0.3) is 0 Å². The lowest BCUT2D eigenvalue weighted by Crippen LogP contribution is -2.22. The van der Waals surface area contributed by atoms with Gasteiger partial charge in [0.25, 0.3) is 0 Å². The second-order valence-corrected chi connectivity index (χ2v) is 6.17. The second-order valence-electron chi connectivity index (χ2n) is 6.17. The van der Waals surface area contributed by atoms with Gasteiger partial charge in [-0.2, -0.15) is 0 Å². The monoisotopic (exact) mass is 248 g/mol. The molecule has 1 saturated carbocycles. The van der Waals surface area contributed by atoms with Crippen LogP contribution in [0.15, 0.2) is 16.7 Å². The molecule has 0 radical (unpaired) electrons. The molecule has 0 bridgehead atoms. The SMILES string of the molecule is CC1CN(Cc2ccoc2CNC2CC2)CC1C. The molecule has 0 amide bonds. The fourth-order valence-electron chi connectivity index (χ4n) is 2.81. The highest BCUT2D eigenvalue weighted by Gasteiger charge is 2.27. The van der Waals surface area contributed by atoms with E-state index in [0.717, 1.165) is 36.7 Å². The molecule has 2 heterocycles. The number of furan rings is 1. The van der Waals surface area contributed by atoms with Crippen LogP contribution < -0.4 is 5.32 Å². The summed E-state index contributed by atoms with van der Waals surface area (Å²) >= 11 is 0. The van der Waals surface area contributed by atoms with Crippen molar-refractivity contribution in [2.75, 3.05) is 13.1 Å². The summed E-state index contributed by atoms with van der Waals surface area (Å²) in [5.74, 6) is 2.78. The third kappa shape index (κ3) is 2.78. The topological polar surface area (TPSA) is 28.4 Å². The van der Waals surface area contributed by atoms with E-state index in [1.165, 1.54) is 31.5 Å². The summed E-state index contributed by atoms with van der Waals surface area (Å²) in [5, 5.41) is 3.53. The maximum absolute atomic E-state index is 5.62. The van der Waals surface area contributed by atoms with E-state index < -0.39 is 0 Å². The number of nitrogens with zero attached hydrogens (tertiary/aromatic N) is 1. The lowest BCUT2D eigenvalue weighted by atomic mass is 10.0. The van der Waals surface area contributed by atoms with Gasteiger partial charge in [0.1, 0.15) is 5.76 Å². The third-order valence-corrected chi connectivity index (χ3v) is 4.42. The smallest absolute Gasteiger partial charge is 0.122 e. The highest BCUT2D eigenvalue weighted by molar-refractivity contribution is 5.17. The van der Waals surface area contributed by atoms with Crippen LogP contribution in [0, 0.1) is 11.8 Å². The molecular weight excluding hydrogens is 224 g/mol. The van der Waals surface area contributed by atoms with Crippen LogP contribution in [-0.2, 0) is 13.1 Å². The second kappa shape index (κ2) is 5.06. The summed E-state index contributed by atoms with van der Waals surface area (Å²) < 4.78 is 5.62. The normalized spacial score (nSPS) is 29.0. The van der Waals surface area contributed by atoms with Gasteiger partial charge >= 0.3 is 0 Å². The molecule has 0 aromatic carbocycles. The van der Waals surface area contributed by atoms with E-state index >= 15 is 0 Å². The Labute approximate surface area is 110 Å². The highest BCUT2D eigenvalue weighted by Crippen LogP contribution is 2.25. The minimum Gasteiger partial charge on any atom is -0.468 e. The van der Waals surface area contributed by atoms with Gasteiger partial charge in [-0.3, -0.25) is 4.90 Å². The number of likely N-dealkylation sites (tertiary alicyclic amines) is 1. The largest absolute Gasteiger partial charge is 0.468 e. The third-order valence-electron chi connectivity index (χ3n) is 4.42. The maximum Gasteiger partial charge on any atom is 0.122 e. The minimum absolute atomic E-state index is 0.745. The number of hydrogen-bond acceptors (Lipinski definition) is 3. The van der Waals surface area contributed by atoms with Gasteiger partial charge < -0.3 is 9.73 Å². The Morgan fingerprint density at radius 3 is 2.67 bits per heavy atom. The lowest BCUT2D eigenvalue weighted by molar-refractivity contribution is 0.312. The first-order valence-corrected chi connectivity index (χ1v) is 7.23. The van der Waals surface area contributed by atoms with Crippen LogP contribution in [0.2, 0.25) is 0 Å². The van der Waals surface area contributed by atoms with E-state index in [0.29, 0.717) is 0 Å². The van der Waals surface area contributed by atoms with Crippen molar-refractivity contribution < 1.29 is 4.42 Å². The molecule has 3 rings (SSSR count). The van der Waals surface area contributed by atoms with Crippen LogP contribution >= 0.6 is 0 Å². The summed E-state index contributed by atoms with van der Waals surface area (Å²) in [6, 6.07) is 2.88. The first kappa shape index (κ1) is 12.2. The van der Waals surface area contributed by atoms with Gasteiger partial charge in [-0.05, 0) is 30.7 Å². The number of nitrogens with one attached hydrogen (secondary N) is 1. The molecule has 3 nitrogen and oxygen atoms in total. The van der Waals surface area contributed by atoms with Gasteiger partial charge in [0.15, 0.2) is 0 Å². The Balaban J connectivity index is 1.56. The lowest BCUT2D eigenvalue weighted by Gasteiger charge is -2.15. The molecule has 3 heteroatoms. The van der Waals surface area contributed by atoms with Gasteiger partial charge in [0.2, 0.25) is 0 Å². The van der Waals surface area contributed by atoms with E-state index in [9.17, 15) is 0 Å². The summed E-state index contributed by atoms with van der Waals surface area (Å²) in [6.45, 7) is 9.10. The molecule has 0 spiro atoms. The van der Waals surface area contributed by atoms with Crippen molar-refractivity contribution in [2.45, 2.75) is 45.8 Å². The van der Waals surface area contributed by atoms with Gasteiger partial charge in [-0.15, -0.1) is 0 Å². The van der Waals surface area contributed by atoms with Crippen molar-refractivity contribution in [3.8, 4) is 0 Å². The van der Waals surface area contributed by atoms with Crippen molar-refractivity contribution in [1.29, 1.82) is 0 Å². The van der Waals surface area contributed by atoms with E-state index in [1.54, 1.807) is 0 Å². The van der Waals surface area contributed by atoms with Gasteiger partial charge in [-0.1, -0.05) is 13.8 Å². The average molecular weight is 248 g/mol. The van der Waals surface area contributed by atoms with Crippen molar-refractivity contribution in [2.24, 2.45) is 11.8 Å². The summed E-state index contributed by atoms with van der Waals surface area (Å²) in [5.41, 5.74) is 1.37. The molecule has 18 heavy (non-hydrogen) atoms. The fraction of sp³-hybridized carbons (Fsp3) is 0.733. The van der Waals surface area contributed by atoms with Gasteiger partial charge in [0.05, 0.1) is 12.8 Å². The standard InChI is InChI=1S/C15H24N2O/c1-11-8-17(9-12(11)2)10-13-5-6-18-15(13)7-16-14-3-4-14/h5-6,11-12,14,16H,3-4,7-10H2,1-2H3. The van der Waals surface area contributed by atoms with Crippen molar-refractivity contribution in [3.05, 3.63) is 23.7 Å².